The summed E-state index contributed by atoms with van der Waals surface area (Å²) in [7, 11) is 0. The first-order valence-corrected chi connectivity index (χ1v) is 10.3. The normalized spacial score (nSPS) is 16.0. The smallest absolute Gasteiger partial charge is 0.326 e. The van der Waals surface area contributed by atoms with Crippen LogP contribution in [-0.4, -0.2) is 44.8 Å². The number of H-pyrrole nitrogens is 2. The number of hydrogen-bond acceptors (Lipinski definition) is 6. The molecule has 8 nitrogen and oxygen atoms in total. The second kappa shape index (κ2) is 9.11. The number of carboxylic acid groups (broad SMARTS) is 1. The highest BCUT2D eigenvalue weighted by Crippen LogP contribution is 2.26. The lowest BCUT2D eigenvalue weighted by Gasteiger charge is -2.32. The molecule has 158 valence electrons. The Labute approximate surface area is 188 Å². The average Bonchev–Trinajstić information content (AvgIpc) is 3.12. The number of nitrogens with zero attached hydrogens (tertiary/aromatic N) is 3. The van der Waals surface area contributed by atoms with Crippen molar-refractivity contribution in [2.75, 3.05) is 11.4 Å². The minimum Gasteiger partial charge on any atom is -0.480 e. The van der Waals surface area contributed by atoms with Gasteiger partial charge in [-0.1, -0.05) is 24.3 Å². The van der Waals surface area contributed by atoms with E-state index in [-0.39, 0.29) is 0 Å². The lowest BCUT2D eigenvalue weighted by Crippen LogP contribution is -2.43. The van der Waals surface area contributed by atoms with Crippen molar-refractivity contribution in [2.24, 2.45) is 4.99 Å². The van der Waals surface area contributed by atoms with Gasteiger partial charge in [-0.25, -0.2) is 9.79 Å². The van der Waals surface area contributed by atoms with Crippen molar-refractivity contribution < 1.29 is 14.6 Å². The SMILES string of the molecule is O=C(O)C1CC=CCN1c1cccc(OC=Nc2cccc(-n3c(=S)[nH][nH]c3=S)c2)c1. The highest BCUT2D eigenvalue weighted by atomic mass is 32.1. The largest absolute Gasteiger partial charge is 0.480 e. The molecule has 10 heteroatoms. The maximum atomic E-state index is 11.6. The molecule has 2 aromatic carbocycles. The van der Waals surface area contributed by atoms with E-state index >= 15 is 0 Å². The van der Waals surface area contributed by atoms with Gasteiger partial charge in [-0.2, -0.15) is 0 Å². The van der Waals surface area contributed by atoms with E-state index in [2.05, 4.69) is 15.2 Å². The van der Waals surface area contributed by atoms with Crippen LogP contribution in [0.1, 0.15) is 6.42 Å². The summed E-state index contributed by atoms with van der Waals surface area (Å²) in [6.45, 7) is 0.533. The summed E-state index contributed by atoms with van der Waals surface area (Å²) < 4.78 is 8.29. The zero-order valence-electron chi connectivity index (χ0n) is 16.3. The Hall–Kier alpha value is -3.50. The molecule has 0 amide bonds. The molecule has 3 N–H and O–H groups in total. The molecule has 1 aliphatic rings. The molecule has 1 aliphatic heterocycles. The topological polar surface area (TPSA) is 98.6 Å². The highest BCUT2D eigenvalue weighted by molar-refractivity contribution is 7.72. The number of hydrogen-bond donors (Lipinski definition) is 3. The molecule has 0 bridgehead atoms. The van der Waals surface area contributed by atoms with Gasteiger partial charge in [0.25, 0.3) is 0 Å². The molecule has 1 atom stereocenters. The zero-order valence-corrected chi connectivity index (χ0v) is 17.9. The molecular formula is C21H19N5O3S2. The lowest BCUT2D eigenvalue weighted by molar-refractivity contribution is -0.138. The molecule has 3 aromatic rings. The Morgan fingerprint density at radius 2 is 1.84 bits per heavy atom. The van der Waals surface area contributed by atoms with Gasteiger partial charge in [0, 0.05) is 18.3 Å². The summed E-state index contributed by atoms with van der Waals surface area (Å²) in [6.07, 6.45) is 5.67. The number of aromatic nitrogens is 3. The molecule has 2 heterocycles. The quantitative estimate of drug-likeness (QED) is 0.219. The first-order valence-electron chi connectivity index (χ1n) is 9.47. The first kappa shape index (κ1) is 20.8. The number of aliphatic imine (C=N–C) groups is 1. The van der Waals surface area contributed by atoms with E-state index in [9.17, 15) is 9.90 Å². The fraction of sp³-hybridized carbons (Fsp3) is 0.143. The monoisotopic (exact) mass is 453 g/mol. The molecule has 4 rings (SSSR count). The molecule has 0 saturated heterocycles. The van der Waals surface area contributed by atoms with Gasteiger partial charge in [0.15, 0.2) is 15.9 Å². The molecule has 0 saturated carbocycles. The van der Waals surface area contributed by atoms with Crippen molar-refractivity contribution in [3.63, 3.8) is 0 Å². The summed E-state index contributed by atoms with van der Waals surface area (Å²) in [5.41, 5.74) is 2.22. The molecular weight excluding hydrogens is 434 g/mol. The zero-order chi connectivity index (χ0) is 21.8. The lowest BCUT2D eigenvalue weighted by atomic mass is 10.1. The summed E-state index contributed by atoms with van der Waals surface area (Å²) in [5.74, 6) is -0.286. The second-order valence-corrected chi connectivity index (χ2v) is 7.55. The van der Waals surface area contributed by atoms with E-state index < -0.39 is 12.0 Å². The fourth-order valence-corrected chi connectivity index (χ4v) is 3.88. The third-order valence-electron chi connectivity index (χ3n) is 4.80. The van der Waals surface area contributed by atoms with Gasteiger partial charge in [-0.3, -0.25) is 14.8 Å². The number of carboxylic acids is 1. The van der Waals surface area contributed by atoms with Crippen molar-refractivity contribution in [1.29, 1.82) is 0 Å². The molecule has 0 spiro atoms. The average molecular weight is 454 g/mol. The molecule has 1 unspecified atom stereocenters. The number of benzene rings is 2. The summed E-state index contributed by atoms with van der Waals surface area (Å²) in [5, 5.41) is 15.1. The van der Waals surface area contributed by atoms with Crippen LogP contribution >= 0.6 is 24.4 Å². The van der Waals surface area contributed by atoms with Crippen LogP contribution in [0.3, 0.4) is 0 Å². The summed E-state index contributed by atoms with van der Waals surface area (Å²) in [6, 6.07) is 14.1. The predicted octanol–water partition coefficient (Wildman–Crippen LogP) is 4.55. The Morgan fingerprint density at radius 3 is 2.61 bits per heavy atom. The van der Waals surface area contributed by atoms with Crippen LogP contribution < -0.4 is 9.64 Å². The summed E-state index contributed by atoms with van der Waals surface area (Å²) >= 11 is 10.5. The van der Waals surface area contributed by atoms with Crippen molar-refractivity contribution >= 4 is 48.2 Å². The molecule has 0 radical (unpaired) electrons. The van der Waals surface area contributed by atoms with Gasteiger partial charge in [-0.05, 0) is 61.2 Å². The number of aromatic amines is 2. The van der Waals surface area contributed by atoms with E-state index in [0.29, 0.717) is 33.9 Å². The van der Waals surface area contributed by atoms with Crippen LogP contribution in [0.2, 0.25) is 0 Å². The van der Waals surface area contributed by atoms with Crippen LogP contribution in [0, 0.1) is 9.54 Å². The van der Waals surface area contributed by atoms with Crippen LogP contribution in [0.15, 0.2) is 65.7 Å². The van der Waals surface area contributed by atoms with Crippen molar-refractivity contribution in [1.82, 2.24) is 14.8 Å². The number of rotatable bonds is 6. The van der Waals surface area contributed by atoms with Crippen molar-refractivity contribution in [2.45, 2.75) is 12.5 Å². The van der Waals surface area contributed by atoms with Gasteiger partial charge in [0.05, 0.1) is 11.4 Å². The minimum atomic E-state index is -0.848. The van der Waals surface area contributed by atoms with Gasteiger partial charge in [-0.15, -0.1) is 0 Å². The fourth-order valence-electron chi connectivity index (χ4n) is 3.33. The number of anilines is 1. The van der Waals surface area contributed by atoms with E-state index in [1.54, 1.807) is 16.7 Å². The summed E-state index contributed by atoms with van der Waals surface area (Å²) in [4.78, 5) is 17.7. The Balaban J connectivity index is 1.50. The molecule has 31 heavy (non-hydrogen) atoms. The van der Waals surface area contributed by atoms with Crippen LogP contribution in [0.5, 0.6) is 5.75 Å². The van der Waals surface area contributed by atoms with Gasteiger partial charge < -0.3 is 14.7 Å². The maximum absolute atomic E-state index is 11.6. The number of nitrogens with one attached hydrogen (secondary N) is 2. The van der Waals surface area contributed by atoms with Gasteiger partial charge in [0.1, 0.15) is 11.8 Å². The van der Waals surface area contributed by atoms with E-state index in [1.807, 2.05) is 53.5 Å². The maximum Gasteiger partial charge on any atom is 0.326 e. The Bertz CT molecular complexity index is 1250. The predicted molar refractivity (Wildman–Crippen MR) is 124 cm³/mol. The second-order valence-electron chi connectivity index (χ2n) is 6.78. The van der Waals surface area contributed by atoms with Crippen LogP contribution in [0.4, 0.5) is 11.4 Å². The van der Waals surface area contributed by atoms with Crippen LogP contribution in [0.25, 0.3) is 5.69 Å². The standard InChI is InChI=1S/C21H19N5O3S2/c27-19(28)18-9-1-2-10-25(18)15-6-4-8-17(12-15)29-13-22-14-5-3-7-16(11-14)26-20(30)23-24-21(26)31/h1-8,11-13,18H,9-10H2,(H,23,30)(H,24,31)(H,27,28). The van der Waals surface area contributed by atoms with E-state index in [4.69, 9.17) is 29.2 Å². The van der Waals surface area contributed by atoms with Gasteiger partial charge >= 0.3 is 5.97 Å². The molecule has 1 aromatic heterocycles. The third-order valence-corrected chi connectivity index (χ3v) is 5.37. The minimum absolute atomic E-state index is 0.464. The van der Waals surface area contributed by atoms with E-state index in [1.165, 1.54) is 6.40 Å². The van der Waals surface area contributed by atoms with Crippen molar-refractivity contribution in [3.8, 4) is 11.4 Å². The first-order chi connectivity index (χ1) is 15.0. The van der Waals surface area contributed by atoms with Crippen LogP contribution in [-0.2, 0) is 4.79 Å². The van der Waals surface area contributed by atoms with E-state index in [0.717, 1.165) is 11.4 Å². The van der Waals surface area contributed by atoms with Crippen molar-refractivity contribution in [3.05, 3.63) is 70.2 Å². The van der Waals surface area contributed by atoms with Gasteiger partial charge in [0.2, 0.25) is 0 Å². The molecule has 0 fully saturated rings. The number of ether oxygens (including phenoxy) is 1. The third kappa shape index (κ3) is 4.65. The highest BCUT2D eigenvalue weighted by Gasteiger charge is 2.26. The number of carbonyl (C=O) groups is 1. The number of aliphatic carboxylic acids is 1. The Morgan fingerprint density at radius 1 is 1.10 bits per heavy atom. The Kier molecular flexibility index (Phi) is 6.10. The molecule has 0 aliphatic carbocycles.